The lowest BCUT2D eigenvalue weighted by Crippen LogP contribution is -2.41. The van der Waals surface area contributed by atoms with Crippen LogP contribution >= 0.6 is 23.6 Å². The van der Waals surface area contributed by atoms with Gasteiger partial charge in [-0.15, -0.1) is 11.3 Å². The fourth-order valence-electron chi connectivity index (χ4n) is 4.17. The van der Waals surface area contributed by atoms with E-state index in [9.17, 15) is 9.59 Å². The molecule has 4 N–H and O–H groups in total. The van der Waals surface area contributed by atoms with Crippen LogP contribution in [-0.2, 0) is 17.6 Å². The van der Waals surface area contributed by atoms with Gasteiger partial charge in [0.2, 0.25) is 11.8 Å². The van der Waals surface area contributed by atoms with Crippen molar-refractivity contribution >= 4 is 51.2 Å². The molecule has 0 bridgehead atoms. The summed E-state index contributed by atoms with van der Waals surface area (Å²) in [6, 6.07) is 3.72. The summed E-state index contributed by atoms with van der Waals surface area (Å²) in [6.07, 6.45) is 8.30. The second kappa shape index (κ2) is 9.87. The van der Waals surface area contributed by atoms with E-state index in [0.717, 1.165) is 36.9 Å². The van der Waals surface area contributed by atoms with E-state index >= 15 is 0 Å². The molecule has 2 aromatic heterocycles. The van der Waals surface area contributed by atoms with Crippen LogP contribution in [0.25, 0.3) is 0 Å². The second-order valence-corrected chi connectivity index (χ2v) is 10.8. The van der Waals surface area contributed by atoms with Gasteiger partial charge < -0.3 is 26.0 Å². The van der Waals surface area contributed by atoms with Crippen molar-refractivity contribution in [1.82, 2.24) is 15.6 Å². The first kappa shape index (κ1) is 23.0. The maximum absolute atomic E-state index is 13.2. The summed E-state index contributed by atoms with van der Waals surface area (Å²) < 4.78 is 5.09. The van der Waals surface area contributed by atoms with Crippen molar-refractivity contribution in [2.75, 3.05) is 24.3 Å². The smallest absolute Gasteiger partial charge is 0.254 e. The van der Waals surface area contributed by atoms with Crippen LogP contribution in [0.2, 0.25) is 0 Å². The molecule has 0 radical (unpaired) electrons. The standard InChI is InChI=1S/C24H29N5O3S2/c1-32-19-9-7-16(12-25-19)28-24(33)27-15-6-8-18-17(10-15)20(22(31)26-11-13-2-3-13)23(34-18)29-21(30)14-4-5-14/h7,9,12-15H,2-6,8,10-11H2,1H3,(H,26,31)(H,29,30)(H2,27,28,33)/t15-/m0/s1. The fraction of sp³-hybridized carbons (Fsp3) is 0.500. The third-order valence-corrected chi connectivity index (χ3v) is 7.89. The Morgan fingerprint density at radius 1 is 1.18 bits per heavy atom. The molecule has 8 nitrogen and oxygen atoms in total. The van der Waals surface area contributed by atoms with Gasteiger partial charge in [-0.05, 0) is 74.7 Å². The van der Waals surface area contributed by atoms with Crippen molar-refractivity contribution < 1.29 is 14.3 Å². The van der Waals surface area contributed by atoms with Crippen molar-refractivity contribution in [2.45, 2.75) is 51.0 Å². The Kier molecular flexibility index (Phi) is 6.69. The number of nitrogens with zero attached hydrogens (tertiary/aromatic N) is 1. The summed E-state index contributed by atoms with van der Waals surface area (Å²) in [6.45, 7) is 0.699. The Labute approximate surface area is 208 Å². The van der Waals surface area contributed by atoms with Gasteiger partial charge in [-0.2, -0.15) is 0 Å². The van der Waals surface area contributed by atoms with E-state index in [1.54, 1.807) is 30.7 Å². The Hall–Kier alpha value is -2.72. The Bertz CT molecular complexity index is 1090. The SMILES string of the molecule is COc1ccc(NC(=S)N[C@H]2CCc3sc(NC(=O)C4CC4)c(C(=O)NCC4CC4)c3C2)cn1. The third-order valence-electron chi connectivity index (χ3n) is 6.46. The molecule has 0 aliphatic heterocycles. The predicted molar refractivity (Wildman–Crippen MR) is 137 cm³/mol. The van der Waals surface area contributed by atoms with Crippen molar-refractivity contribution in [3.05, 3.63) is 34.3 Å². The Morgan fingerprint density at radius 3 is 2.68 bits per heavy atom. The molecular weight excluding hydrogens is 470 g/mol. The van der Waals surface area contributed by atoms with Gasteiger partial charge in [0.25, 0.3) is 5.91 Å². The number of anilines is 2. The van der Waals surface area contributed by atoms with Crippen molar-refractivity contribution in [2.24, 2.45) is 11.8 Å². The van der Waals surface area contributed by atoms with E-state index in [2.05, 4.69) is 26.3 Å². The maximum atomic E-state index is 13.2. The molecule has 10 heteroatoms. The zero-order valence-electron chi connectivity index (χ0n) is 19.1. The van der Waals surface area contributed by atoms with Crippen LogP contribution in [-0.4, -0.2) is 41.6 Å². The van der Waals surface area contributed by atoms with Gasteiger partial charge in [0, 0.05) is 29.4 Å². The summed E-state index contributed by atoms with van der Waals surface area (Å²) in [5.41, 5.74) is 2.44. The number of pyridine rings is 1. The number of carbonyl (C=O) groups excluding carboxylic acids is 2. The van der Waals surface area contributed by atoms with Gasteiger partial charge in [-0.3, -0.25) is 9.59 Å². The normalized spacial score (nSPS) is 19.0. The number of thiocarbonyl (C=S) groups is 1. The third kappa shape index (κ3) is 5.50. The van der Waals surface area contributed by atoms with E-state index in [0.29, 0.717) is 40.4 Å². The van der Waals surface area contributed by atoms with Crippen molar-refractivity contribution in [3.8, 4) is 5.88 Å². The predicted octanol–water partition coefficient (Wildman–Crippen LogP) is 3.48. The number of aryl methyl sites for hydroxylation is 1. The van der Waals surface area contributed by atoms with Gasteiger partial charge in [0.15, 0.2) is 5.11 Å². The molecular formula is C24H29N5O3S2. The topological polar surface area (TPSA) is 104 Å². The monoisotopic (exact) mass is 499 g/mol. The van der Waals surface area contributed by atoms with E-state index in [-0.39, 0.29) is 23.8 Å². The van der Waals surface area contributed by atoms with E-state index in [1.165, 1.54) is 17.7 Å². The highest BCUT2D eigenvalue weighted by Gasteiger charge is 2.34. The molecule has 1 atom stereocenters. The number of rotatable bonds is 8. The number of thiophene rings is 1. The first-order valence-corrected chi connectivity index (χ1v) is 13.0. The first-order chi connectivity index (χ1) is 16.5. The molecule has 0 unspecified atom stereocenters. The van der Waals surface area contributed by atoms with Gasteiger partial charge in [0.05, 0.1) is 24.6 Å². The number of carbonyl (C=O) groups is 2. The minimum Gasteiger partial charge on any atom is -0.481 e. The average molecular weight is 500 g/mol. The van der Waals surface area contributed by atoms with E-state index < -0.39 is 0 Å². The van der Waals surface area contributed by atoms with Crippen molar-refractivity contribution in [3.63, 3.8) is 0 Å². The van der Waals surface area contributed by atoms with Crippen molar-refractivity contribution in [1.29, 1.82) is 0 Å². The minimum atomic E-state index is -0.0823. The number of methoxy groups -OCH3 is 1. The molecule has 3 aliphatic carbocycles. The molecule has 2 fully saturated rings. The zero-order valence-corrected chi connectivity index (χ0v) is 20.7. The lowest BCUT2D eigenvalue weighted by molar-refractivity contribution is -0.117. The van der Waals surface area contributed by atoms with Crippen LogP contribution in [0.15, 0.2) is 18.3 Å². The number of hydrogen-bond acceptors (Lipinski definition) is 6. The quantitative estimate of drug-likeness (QED) is 0.412. The molecule has 180 valence electrons. The van der Waals surface area contributed by atoms with Crippen LogP contribution in [0.3, 0.4) is 0 Å². The number of nitrogens with one attached hydrogen (secondary N) is 4. The second-order valence-electron chi connectivity index (χ2n) is 9.25. The minimum absolute atomic E-state index is 0.0305. The van der Waals surface area contributed by atoms with Crippen LogP contribution in [0, 0.1) is 11.8 Å². The summed E-state index contributed by atoms with van der Waals surface area (Å²) in [4.78, 5) is 31.0. The fourth-order valence-corrected chi connectivity index (χ4v) is 5.70. The largest absolute Gasteiger partial charge is 0.481 e. The molecule has 2 amide bonds. The van der Waals surface area contributed by atoms with E-state index in [1.807, 2.05) is 6.07 Å². The van der Waals surface area contributed by atoms with Crippen LogP contribution in [0.5, 0.6) is 5.88 Å². The molecule has 34 heavy (non-hydrogen) atoms. The van der Waals surface area contributed by atoms with Crippen LogP contribution in [0.4, 0.5) is 10.7 Å². The number of aromatic nitrogens is 1. The highest BCUT2D eigenvalue weighted by Crippen LogP contribution is 2.40. The molecule has 0 saturated heterocycles. The molecule has 5 rings (SSSR count). The van der Waals surface area contributed by atoms with Gasteiger partial charge in [-0.25, -0.2) is 4.98 Å². The van der Waals surface area contributed by atoms with Gasteiger partial charge in [0.1, 0.15) is 5.00 Å². The van der Waals surface area contributed by atoms with Crippen LogP contribution in [0.1, 0.15) is 52.9 Å². The summed E-state index contributed by atoms with van der Waals surface area (Å²) in [5, 5.41) is 13.9. The summed E-state index contributed by atoms with van der Waals surface area (Å²) in [5.74, 6) is 1.17. The molecule has 0 aromatic carbocycles. The van der Waals surface area contributed by atoms with Gasteiger partial charge in [-0.1, -0.05) is 0 Å². The molecule has 3 aliphatic rings. The number of fused-ring (bicyclic) bond motifs is 1. The lowest BCUT2D eigenvalue weighted by Gasteiger charge is -2.25. The number of amides is 2. The van der Waals surface area contributed by atoms with Crippen LogP contribution < -0.4 is 26.0 Å². The van der Waals surface area contributed by atoms with E-state index in [4.69, 9.17) is 17.0 Å². The molecule has 2 heterocycles. The average Bonchev–Trinajstić information content (AvgIpc) is 3.74. The first-order valence-electron chi connectivity index (χ1n) is 11.8. The molecule has 0 spiro atoms. The highest BCUT2D eigenvalue weighted by molar-refractivity contribution is 7.80. The number of hydrogen-bond donors (Lipinski definition) is 4. The highest BCUT2D eigenvalue weighted by atomic mass is 32.1. The summed E-state index contributed by atoms with van der Waals surface area (Å²) >= 11 is 7.07. The molecule has 2 saturated carbocycles. The lowest BCUT2D eigenvalue weighted by atomic mass is 9.91. The Morgan fingerprint density at radius 2 is 2.00 bits per heavy atom. The zero-order chi connectivity index (χ0) is 23.7. The number of ether oxygens (including phenoxy) is 1. The summed E-state index contributed by atoms with van der Waals surface area (Å²) in [7, 11) is 1.58. The Balaban J connectivity index is 1.28. The van der Waals surface area contributed by atoms with Gasteiger partial charge >= 0.3 is 0 Å². The molecule has 2 aromatic rings. The maximum Gasteiger partial charge on any atom is 0.254 e.